The van der Waals surface area contributed by atoms with Gasteiger partial charge in [0.2, 0.25) is 0 Å². The van der Waals surface area contributed by atoms with E-state index in [0.29, 0.717) is 4.90 Å². The Bertz CT molecular complexity index is 343. The molecule has 6 heteroatoms. The fraction of sp³-hybridized carbons (Fsp3) is 0. The number of nitro groups is 1. The highest BCUT2D eigenvalue weighted by Gasteiger charge is 2.13. The zero-order chi connectivity index (χ0) is 9.30. The molecule has 0 aliphatic rings. The van der Waals surface area contributed by atoms with Crippen LogP contribution in [0.4, 0.5) is 5.69 Å². The van der Waals surface area contributed by atoms with Gasteiger partial charge in [0.1, 0.15) is 0 Å². The van der Waals surface area contributed by atoms with Crippen LogP contribution in [0, 0.1) is 10.1 Å². The van der Waals surface area contributed by atoms with Crippen LogP contribution in [0.5, 0.6) is 0 Å². The number of hydrogen-bond acceptors (Lipinski definition) is 4. The fourth-order valence-electron chi connectivity index (χ4n) is 0.687. The number of halogens is 1. The van der Waals surface area contributed by atoms with Gasteiger partial charge < -0.3 is 0 Å². The van der Waals surface area contributed by atoms with Crippen LogP contribution in [0.15, 0.2) is 21.9 Å². The van der Waals surface area contributed by atoms with Gasteiger partial charge in [0, 0.05) is 11.0 Å². The summed E-state index contributed by atoms with van der Waals surface area (Å²) >= 11 is 13.5. The topological polar surface area (TPSA) is 43.1 Å². The maximum absolute atomic E-state index is 10.4. The van der Waals surface area contributed by atoms with E-state index in [1.165, 1.54) is 12.1 Å². The minimum Gasteiger partial charge on any atom is -0.258 e. The van der Waals surface area contributed by atoms with E-state index in [4.69, 9.17) is 11.6 Å². The third-order valence-electron chi connectivity index (χ3n) is 1.24. The summed E-state index contributed by atoms with van der Waals surface area (Å²) in [7, 11) is 0. The molecule has 1 aromatic carbocycles. The number of nitrogens with zero attached hydrogens (tertiary/aromatic N) is 1. The van der Waals surface area contributed by atoms with Gasteiger partial charge in [-0.15, -0.1) is 25.3 Å². The monoisotopic (exact) mass is 221 g/mol. The highest BCUT2D eigenvalue weighted by molar-refractivity contribution is 7.81. The van der Waals surface area contributed by atoms with E-state index in [9.17, 15) is 10.1 Å². The molecule has 0 N–H and O–H groups in total. The average molecular weight is 222 g/mol. The second-order valence-electron chi connectivity index (χ2n) is 2.05. The lowest BCUT2D eigenvalue weighted by Crippen LogP contribution is -1.89. The first-order chi connectivity index (χ1) is 5.52. The van der Waals surface area contributed by atoms with Crippen molar-refractivity contribution < 1.29 is 4.92 Å². The fourth-order valence-corrected chi connectivity index (χ4v) is 1.42. The number of hydrogen-bond donors (Lipinski definition) is 2. The van der Waals surface area contributed by atoms with Gasteiger partial charge in [0.05, 0.1) is 14.8 Å². The standard InChI is InChI=1S/C6H4ClNO2S2/c7-3-1-4(8(9)10)6(12)2-5(3)11/h1-2,11-12H. The Morgan fingerprint density at radius 3 is 2.42 bits per heavy atom. The predicted octanol–water partition coefficient (Wildman–Crippen LogP) is 2.83. The van der Waals surface area contributed by atoms with Crippen molar-refractivity contribution in [2.24, 2.45) is 0 Å². The summed E-state index contributed by atoms with van der Waals surface area (Å²) in [5, 5.41) is 10.6. The molecule has 0 aliphatic heterocycles. The second-order valence-corrected chi connectivity index (χ2v) is 3.42. The first-order valence-corrected chi connectivity index (χ1v) is 4.15. The molecule has 3 nitrogen and oxygen atoms in total. The molecule has 64 valence electrons. The van der Waals surface area contributed by atoms with Crippen molar-refractivity contribution in [3.63, 3.8) is 0 Å². The smallest absolute Gasteiger partial charge is 0.258 e. The van der Waals surface area contributed by atoms with Crippen LogP contribution in [0.1, 0.15) is 0 Å². The van der Waals surface area contributed by atoms with E-state index in [1.54, 1.807) is 0 Å². The summed E-state index contributed by atoms with van der Waals surface area (Å²) < 4.78 is 0. The van der Waals surface area contributed by atoms with Crippen molar-refractivity contribution in [2.45, 2.75) is 9.79 Å². The van der Waals surface area contributed by atoms with Gasteiger partial charge >= 0.3 is 0 Å². The van der Waals surface area contributed by atoms with E-state index in [0.717, 1.165) is 0 Å². The summed E-state index contributed by atoms with van der Waals surface area (Å²) in [6.45, 7) is 0. The molecule has 0 unspecified atom stereocenters. The number of benzene rings is 1. The van der Waals surface area contributed by atoms with Crippen molar-refractivity contribution in [1.82, 2.24) is 0 Å². The first-order valence-electron chi connectivity index (χ1n) is 2.88. The van der Waals surface area contributed by atoms with E-state index in [1.807, 2.05) is 0 Å². The Kier molecular flexibility index (Phi) is 2.87. The molecule has 0 amide bonds. The Labute approximate surface area is 84.7 Å². The van der Waals surface area contributed by atoms with E-state index in [2.05, 4.69) is 25.3 Å². The molecule has 12 heavy (non-hydrogen) atoms. The molecule has 0 bridgehead atoms. The molecule has 0 aliphatic carbocycles. The van der Waals surface area contributed by atoms with Crippen LogP contribution in [0.25, 0.3) is 0 Å². The van der Waals surface area contributed by atoms with Crippen molar-refractivity contribution >= 4 is 42.5 Å². The van der Waals surface area contributed by atoms with E-state index >= 15 is 0 Å². The van der Waals surface area contributed by atoms with Gasteiger partial charge in [-0.25, -0.2) is 0 Å². The molecule has 0 spiro atoms. The quantitative estimate of drug-likeness (QED) is 0.435. The molecule has 0 fully saturated rings. The number of rotatable bonds is 1. The van der Waals surface area contributed by atoms with Crippen molar-refractivity contribution in [3.05, 3.63) is 27.3 Å². The molecule has 1 aromatic rings. The molecule has 0 aromatic heterocycles. The minimum atomic E-state index is -0.540. The lowest BCUT2D eigenvalue weighted by Gasteiger charge is -1.99. The maximum Gasteiger partial charge on any atom is 0.284 e. The largest absolute Gasteiger partial charge is 0.284 e. The molecule has 0 atom stereocenters. The third kappa shape index (κ3) is 1.85. The van der Waals surface area contributed by atoms with Crippen LogP contribution < -0.4 is 0 Å². The van der Waals surface area contributed by atoms with Crippen molar-refractivity contribution in [3.8, 4) is 0 Å². The van der Waals surface area contributed by atoms with Crippen molar-refractivity contribution in [2.75, 3.05) is 0 Å². The zero-order valence-corrected chi connectivity index (χ0v) is 8.24. The normalized spacial score (nSPS) is 9.92. The summed E-state index contributed by atoms with van der Waals surface area (Å²) in [5.41, 5.74) is -0.110. The molecule has 1 rings (SSSR count). The Hall–Kier alpha value is -0.390. The van der Waals surface area contributed by atoms with Crippen LogP contribution in [0.3, 0.4) is 0 Å². The molecule has 0 heterocycles. The molecular formula is C6H4ClNO2S2. The van der Waals surface area contributed by atoms with Gasteiger partial charge in [0.15, 0.2) is 0 Å². The zero-order valence-electron chi connectivity index (χ0n) is 5.69. The summed E-state index contributed by atoms with van der Waals surface area (Å²) in [4.78, 5) is 10.6. The van der Waals surface area contributed by atoms with Gasteiger partial charge in [-0.1, -0.05) is 11.6 Å². The second kappa shape index (κ2) is 3.55. The third-order valence-corrected chi connectivity index (χ3v) is 2.41. The van der Waals surface area contributed by atoms with E-state index < -0.39 is 4.92 Å². The summed E-state index contributed by atoms with van der Waals surface area (Å²) in [6, 6.07) is 2.67. The first kappa shape index (κ1) is 9.70. The van der Waals surface area contributed by atoms with Gasteiger partial charge in [0.25, 0.3) is 5.69 Å². The molecule has 0 saturated heterocycles. The SMILES string of the molecule is O=[N+]([O-])c1cc(Cl)c(S)cc1S. The van der Waals surface area contributed by atoms with Gasteiger partial charge in [-0.3, -0.25) is 10.1 Å². The van der Waals surface area contributed by atoms with Crippen LogP contribution in [-0.4, -0.2) is 4.92 Å². The summed E-state index contributed by atoms with van der Waals surface area (Å²) in [5.74, 6) is 0. The molecule has 0 radical (unpaired) electrons. The minimum absolute atomic E-state index is 0.110. The average Bonchev–Trinajstić information content (AvgIpc) is 1.96. The van der Waals surface area contributed by atoms with Crippen LogP contribution in [0.2, 0.25) is 5.02 Å². The van der Waals surface area contributed by atoms with E-state index in [-0.39, 0.29) is 15.6 Å². The summed E-state index contributed by atoms with van der Waals surface area (Å²) in [6.07, 6.45) is 0. The maximum atomic E-state index is 10.4. The Morgan fingerprint density at radius 1 is 1.33 bits per heavy atom. The highest BCUT2D eigenvalue weighted by atomic mass is 35.5. The number of nitro benzene ring substituents is 1. The van der Waals surface area contributed by atoms with Crippen LogP contribution in [-0.2, 0) is 0 Å². The lowest BCUT2D eigenvalue weighted by molar-refractivity contribution is -0.387. The highest BCUT2D eigenvalue weighted by Crippen LogP contribution is 2.31. The Morgan fingerprint density at radius 2 is 1.92 bits per heavy atom. The lowest BCUT2D eigenvalue weighted by atomic mass is 10.3. The van der Waals surface area contributed by atoms with Gasteiger partial charge in [-0.2, -0.15) is 0 Å². The molecule has 0 saturated carbocycles. The van der Waals surface area contributed by atoms with Crippen LogP contribution >= 0.6 is 36.9 Å². The molecular weight excluding hydrogens is 218 g/mol. The van der Waals surface area contributed by atoms with Gasteiger partial charge in [-0.05, 0) is 6.07 Å². The Balaban J connectivity index is 3.33. The predicted molar refractivity (Wildman–Crippen MR) is 52.6 cm³/mol. The number of thiol groups is 2. The van der Waals surface area contributed by atoms with Crippen molar-refractivity contribution in [1.29, 1.82) is 0 Å².